The van der Waals surface area contributed by atoms with Crippen LogP contribution in [0, 0.1) is 0 Å². The van der Waals surface area contributed by atoms with Crippen molar-refractivity contribution in [2.45, 2.75) is 57.9 Å². The van der Waals surface area contributed by atoms with Gasteiger partial charge in [0.1, 0.15) is 0 Å². The highest BCUT2D eigenvalue weighted by Crippen LogP contribution is 2.19. The molecule has 1 aliphatic heterocycles. The molecule has 0 radical (unpaired) electrons. The summed E-state index contributed by atoms with van der Waals surface area (Å²) >= 11 is 0. The van der Waals surface area contributed by atoms with Crippen LogP contribution < -0.4 is 5.32 Å². The van der Waals surface area contributed by atoms with Gasteiger partial charge in [-0.15, -0.1) is 0 Å². The van der Waals surface area contributed by atoms with Gasteiger partial charge in [0, 0.05) is 31.7 Å². The molecule has 6 heteroatoms. The van der Waals surface area contributed by atoms with Crippen LogP contribution in [-0.2, 0) is 10.0 Å². The van der Waals surface area contributed by atoms with Crippen molar-refractivity contribution in [2.75, 3.05) is 33.2 Å². The highest BCUT2D eigenvalue weighted by Gasteiger charge is 2.35. The molecule has 5 nitrogen and oxygen atoms in total. The van der Waals surface area contributed by atoms with Crippen molar-refractivity contribution in [3.63, 3.8) is 0 Å². The summed E-state index contributed by atoms with van der Waals surface area (Å²) < 4.78 is 27.3. The van der Waals surface area contributed by atoms with Crippen LogP contribution in [0.1, 0.15) is 40.5 Å². The second-order valence-corrected chi connectivity index (χ2v) is 8.51. The van der Waals surface area contributed by atoms with Crippen molar-refractivity contribution >= 4 is 10.0 Å². The first-order valence-electron chi connectivity index (χ1n) is 7.71. The van der Waals surface area contributed by atoms with E-state index in [1.165, 1.54) is 0 Å². The monoisotopic (exact) mass is 305 g/mol. The van der Waals surface area contributed by atoms with Gasteiger partial charge in [0.2, 0.25) is 10.0 Å². The Bertz CT molecular complexity index is 384. The lowest BCUT2D eigenvalue weighted by molar-refractivity contribution is 0.268. The van der Waals surface area contributed by atoms with Crippen molar-refractivity contribution in [1.29, 1.82) is 0 Å². The Kier molecular flexibility index (Phi) is 6.91. The lowest BCUT2D eigenvalue weighted by Gasteiger charge is -2.32. The Morgan fingerprint density at radius 3 is 2.45 bits per heavy atom. The summed E-state index contributed by atoms with van der Waals surface area (Å²) in [5, 5.41) is 2.86. The van der Waals surface area contributed by atoms with E-state index < -0.39 is 10.0 Å². The first-order chi connectivity index (χ1) is 9.28. The van der Waals surface area contributed by atoms with E-state index in [1.54, 1.807) is 4.31 Å². The van der Waals surface area contributed by atoms with Crippen molar-refractivity contribution < 1.29 is 8.42 Å². The maximum absolute atomic E-state index is 12.8. The zero-order valence-electron chi connectivity index (χ0n) is 13.6. The van der Waals surface area contributed by atoms with Gasteiger partial charge in [0.25, 0.3) is 0 Å². The number of sulfonamides is 1. The minimum atomic E-state index is -3.22. The molecule has 20 heavy (non-hydrogen) atoms. The highest BCUT2D eigenvalue weighted by atomic mass is 32.2. The largest absolute Gasteiger partial charge is 0.313 e. The first-order valence-corrected chi connectivity index (χ1v) is 9.22. The molecule has 1 N–H and O–H groups in total. The average molecular weight is 305 g/mol. The molecule has 1 fully saturated rings. The molecule has 1 rings (SSSR count). The van der Waals surface area contributed by atoms with Gasteiger partial charge in [-0.05, 0) is 33.4 Å². The number of nitrogens with one attached hydrogen (secondary N) is 1. The van der Waals surface area contributed by atoms with Crippen LogP contribution >= 0.6 is 0 Å². The molecule has 2 unspecified atom stereocenters. The van der Waals surface area contributed by atoms with Crippen LogP contribution in [0.15, 0.2) is 0 Å². The Balaban J connectivity index is 2.82. The number of likely N-dealkylation sites (N-methyl/N-ethyl adjacent to an activating group) is 1. The molecule has 0 aromatic rings. The van der Waals surface area contributed by atoms with Crippen LogP contribution in [0.2, 0.25) is 0 Å². The normalized spacial score (nSPS) is 24.8. The van der Waals surface area contributed by atoms with E-state index in [1.807, 2.05) is 20.8 Å². The average Bonchev–Trinajstić information content (AvgIpc) is 2.57. The number of hydrogen-bond acceptors (Lipinski definition) is 4. The second-order valence-electron chi connectivity index (χ2n) is 6.21. The van der Waals surface area contributed by atoms with Crippen LogP contribution in [0.4, 0.5) is 0 Å². The molecule has 0 bridgehead atoms. The van der Waals surface area contributed by atoms with Crippen LogP contribution in [0.3, 0.4) is 0 Å². The fraction of sp³-hybridized carbons (Fsp3) is 1.00. The lowest BCUT2D eigenvalue weighted by atomic mass is 10.2. The number of nitrogens with zero attached hydrogens (tertiary/aromatic N) is 2. The van der Waals surface area contributed by atoms with Gasteiger partial charge in [0.05, 0.1) is 5.25 Å². The summed E-state index contributed by atoms with van der Waals surface area (Å²) in [5.74, 6) is 0. The predicted molar refractivity (Wildman–Crippen MR) is 84.4 cm³/mol. The van der Waals surface area contributed by atoms with Gasteiger partial charge in [-0.1, -0.05) is 20.8 Å². The van der Waals surface area contributed by atoms with Gasteiger partial charge < -0.3 is 10.2 Å². The molecule has 1 heterocycles. The van der Waals surface area contributed by atoms with Gasteiger partial charge >= 0.3 is 0 Å². The van der Waals surface area contributed by atoms with Crippen LogP contribution in [0.25, 0.3) is 0 Å². The fourth-order valence-electron chi connectivity index (χ4n) is 2.63. The summed E-state index contributed by atoms with van der Waals surface area (Å²) in [7, 11) is -1.15. The third-order valence-electron chi connectivity index (χ3n) is 3.97. The molecule has 0 aromatic carbocycles. The zero-order valence-corrected chi connectivity index (χ0v) is 14.4. The van der Waals surface area contributed by atoms with Crippen molar-refractivity contribution in [2.24, 2.45) is 0 Å². The summed E-state index contributed by atoms with van der Waals surface area (Å²) in [6.45, 7) is 10.9. The van der Waals surface area contributed by atoms with E-state index in [9.17, 15) is 8.42 Å². The topological polar surface area (TPSA) is 52.7 Å². The van der Waals surface area contributed by atoms with Crippen LogP contribution in [0.5, 0.6) is 0 Å². The molecule has 1 aliphatic rings. The van der Waals surface area contributed by atoms with Gasteiger partial charge in [-0.2, -0.15) is 4.31 Å². The Morgan fingerprint density at radius 2 is 1.90 bits per heavy atom. The Hall–Kier alpha value is -0.170. The summed E-state index contributed by atoms with van der Waals surface area (Å²) in [4.78, 5) is 2.24. The molecule has 2 atom stereocenters. The zero-order chi connectivity index (χ0) is 15.3. The SMILES string of the molecule is CCC1CN(C)CCCN1S(=O)(=O)C(C)CNC(C)C. The quantitative estimate of drug-likeness (QED) is 0.799. The Morgan fingerprint density at radius 1 is 1.25 bits per heavy atom. The highest BCUT2D eigenvalue weighted by molar-refractivity contribution is 7.89. The maximum atomic E-state index is 12.8. The molecule has 0 aliphatic carbocycles. The standard InChI is InChI=1S/C14H31N3O2S/c1-6-14-11-16(5)8-7-9-17(14)20(18,19)13(4)10-15-12(2)3/h12-15H,6-11H2,1-5H3. The minimum Gasteiger partial charge on any atom is -0.313 e. The van der Waals surface area contributed by atoms with E-state index in [0.717, 1.165) is 25.9 Å². The van der Waals surface area contributed by atoms with Gasteiger partial charge in [-0.25, -0.2) is 8.42 Å². The van der Waals surface area contributed by atoms with Gasteiger partial charge in [0.15, 0.2) is 0 Å². The molecule has 0 amide bonds. The van der Waals surface area contributed by atoms with Crippen LogP contribution in [-0.4, -0.2) is 68.2 Å². The molecule has 0 aromatic heterocycles. The van der Waals surface area contributed by atoms with E-state index in [4.69, 9.17) is 0 Å². The number of rotatable bonds is 6. The van der Waals surface area contributed by atoms with E-state index in [-0.39, 0.29) is 11.3 Å². The molecular formula is C14H31N3O2S. The fourth-order valence-corrected chi connectivity index (χ4v) is 4.41. The van der Waals surface area contributed by atoms with E-state index in [2.05, 4.69) is 24.2 Å². The molecule has 1 saturated heterocycles. The van der Waals surface area contributed by atoms with Crippen molar-refractivity contribution in [1.82, 2.24) is 14.5 Å². The predicted octanol–water partition coefficient (Wildman–Crippen LogP) is 1.12. The smallest absolute Gasteiger partial charge is 0.218 e. The summed E-state index contributed by atoms with van der Waals surface area (Å²) in [6, 6.07) is 0.416. The summed E-state index contributed by atoms with van der Waals surface area (Å²) in [6.07, 6.45) is 1.78. The summed E-state index contributed by atoms with van der Waals surface area (Å²) in [5.41, 5.74) is 0. The molecule has 0 spiro atoms. The first kappa shape index (κ1) is 17.9. The Labute approximate surface area is 124 Å². The minimum absolute atomic E-state index is 0.106. The van der Waals surface area contributed by atoms with E-state index >= 15 is 0 Å². The van der Waals surface area contributed by atoms with Crippen molar-refractivity contribution in [3.8, 4) is 0 Å². The second kappa shape index (κ2) is 7.73. The molecule has 120 valence electrons. The third-order valence-corrected chi connectivity index (χ3v) is 6.29. The van der Waals surface area contributed by atoms with Crippen molar-refractivity contribution in [3.05, 3.63) is 0 Å². The molecule has 0 saturated carbocycles. The molecular weight excluding hydrogens is 274 g/mol. The maximum Gasteiger partial charge on any atom is 0.218 e. The number of hydrogen-bond donors (Lipinski definition) is 1. The van der Waals surface area contributed by atoms with E-state index in [0.29, 0.717) is 19.1 Å². The third kappa shape index (κ3) is 4.69. The lowest BCUT2D eigenvalue weighted by Crippen LogP contribution is -2.49. The van der Waals surface area contributed by atoms with Gasteiger partial charge in [-0.3, -0.25) is 0 Å².